The lowest BCUT2D eigenvalue weighted by atomic mass is 10.0. The van der Waals surface area contributed by atoms with Gasteiger partial charge in [-0.3, -0.25) is 13.9 Å². The number of carbonyl (C=O) groups is 2. The van der Waals surface area contributed by atoms with Crippen LogP contribution in [-0.4, -0.2) is 44.8 Å². The van der Waals surface area contributed by atoms with Crippen LogP contribution >= 0.6 is 15.9 Å². The molecule has 4 aromatic carbocycles. The molecule has 1 atom stereocenters. The fraction of sp³-hybridized carbons (Fsp3) is 0.188. The summed E-state index contributed by atoms with van der Waals surface area (Å²) >= 11 is 3.37. The van der Waals surface area contributed by atoms with Crippen molar-refractivity contribution in [2.45, 2.75) is 30.8 Å². The van der Waals surface area contributed by atoms with Crippen LogP contribution in [0.15, 0.2) is 112 Å². The first-order valence-electron chi connectivity index (χ1n) is 13.2. The molecule has 1 unspecified atom stereocenters. The SMILES string of the molecule is CNC(=O)C(Cc1ccccc1)N(Cc1ccccc1F)C(=O)CN(c1ccc(Br)cc1)S(=O)(=O)c1ccc(C)cc1. The first-order chi connectivity index (χ1) is 20.1. The minimum absolute atomic E-state index is 0.0107. The molecular weight excluding hydrogens is 621 g/mol. The molecule has 0 spiro atoms. The van der Waals surface area contributed by atoms with E-state index in [4.69, 9.17) is 0 Å². The van der Waals surface area contributed by atoms with Crippen LogP contribution in [0.5, 0.6) is 0 Å². The number of sulfonamides is 1. The van der Waals surface area contributed by atoms with Crippen molar-refractivity contribution >= 4 is 43.5 Å². The molecule has 42 heavy (non-hydrogen) atoms. The van der Waals surface area contributed by atoms with E-state index in [1.165, 1.54) is 42.3 Å². The van der Waals surface area contributed by atoms with Crippen LogP contribution in [-0.2, 0) is 32.6 Å². The molecule has 0 heterocycles. The number of amides is 2. The molecule has 0 aliphatic carbocycles. The van der Waals surface area contributed by atoms with E-state index >= 15 is 0 Å². The minimum atomic E-state index is -4.21. The normalized spacial score (nSPS) is 11.9. The summed E-state index contributed by atoms with van der Waals surface area (Å²) in [4.78, 5) is 28.7. The quantitative estimate of drug-likeness (QED) is 0.233. The number of nitrogens with zero attached hydrogens (tertiary/aromatic N) is 2. The predicted molar refractivity (Wildman–Crippen MR) is 165 cm³/mol. The largest absolute Gasteiger partial charge is 0.357 e. The molecule has 7 nitrogen and oxygen atoms in total. The fourth-order valence-corrected chi connectivity index (χ4v) is 6.18. The topological polar surface area (TPSA) is 86.8 Å². The summed E-state index contributed by atoms with van der Waals surface area (Å²) in [6.45, 7) is 0.989. The van der Waals surface area contributed by atoms with Gasteiger partial charge in [0.05, 0.1) is 10.6 Å². The van der Waals surface area contributed by atoms with Gasteiger partial charge in [-0.2, -0.15) is 0 Å². The van der Waals surface area contributed by atoms with E-state index < -0.39 is 40.2 Å². The second kappa shape index (κ2) is 13.8. The standard InChI is InChI=1S/C32H31BrFN3O4S/c1-23-12-18-28(19-13-23)42(40,41)37(27-16-14-26(33)15-17-27)22-31(38)36(21-25-10-6-7-11-29(25)34)30(32(39)35-2)20-24-8-4-3-5-9-24/h3-19,30H,20-22H2,1-2H3,(H,35,39). The van der Waals surface area contributed by atoms with Gasteiger partial charge in [0, 0.05) is 30.0 Å². The third kappa shape index (κ3) is 7.43. The highest BCUT2D eigenvalue weighted by Crippen LogP contribution is 2.27. The Morgan fingerprint density at radius 2 is 1.50 bits per heavy atom. The third-order valence-corrected chi connectivity index (χ3v) is 9.14. The van der Waals surface area contributed by atoms with Crippen LogP contribution < -0.4 is 9.62 Å². The molecule has 1 N–H and O–H groups in total. The number of carbonyl (C=O) groups excluding carboxylic acids is 2. The van der Waals surface area contributed by atoms with Crippen molar-refractivity contribution in [3.05, 3.63) is 130 Å². The van der Waals surface area contributed by atoms with E-state index in [9.17, 15) is 22.4 Å². The Balaban J connectivity index is 1.79. The summed E-state index contributed by atoms with van der Waals surface area (Å²) in [5.41, 5.74) is 2.13. The number of halogens is 2. The number of nitrogens with one attached hydrogen (secondary N) is 1. The second-order valence-corrected chi connectivity index (χ2v) is 12.5. The van der Waals surface area contributed by atoms with Gasteiger partial charge in [0.25, 0.3) is 10.0 Å². The van der Waals surface area contributed by atoms with Crippen molar-refractivity contribution in [2.24, 2.45) is 0 Å². The second-order valence-electron chi connectivity index (χ2n) is 9.73. The van der Waals surface area contributed by atoms with Crippen LogP contribution in [0.1, 0.15) is 16.7 Å². The van der Waals surface area contributed by atoms with Crippen molar-refractivity contribution in [2.75, 3.05) is 17.9 Å². The molecule has 0 bridgehead atoms. The maximum atomic E-state index is 14.8. The Hall–Kier alpha value is -4.02. The number of aryl methyl sites for hydroxylation is 1. The zero-order valence-corrected chi connectivity index (χ0v) is 25.6. The fourth-order valence-electron chi connectivity index (χ4n) is 4.50. The molecule has 218 valence electrons. The molecule has 10 heteroatoms. The molecule has 0 saturated carbocycles. The maximum absolute atomic E-state index is 14.8. The molecule has 4 aromatic rings. The highest BCUT2D eigenvalue weighted by molar-refractivity contribution is 9.10. The van der Waals surface area contributed by atoms with Gasteiger partial charge >= 0.3 is 0 Å². The highest BCUT2D eigenvalue weighted by atomic mass is 79.9. The van der Waals surface area contributed by atoms with Gasteiger partial charge in [-0.25, -0.2) is 12.8 Å². The lowest BCUT2D eigenvalue weighted by Gasteiger charge is -2.33. The summed E-state index contributed by atoms with van der Waals surface area (Å²) in [6, 6.07) is 27.0. The first-order valence-corrected chi connectivity index (χ1v) is 15.5. The van der Waals surface area contributed by atoms with Gasteiger partial charge in [0.15, 0.2) is 0 Å². The van der Waals surface area contributed by atoms with E-state index in [0.29, 0.717) is 0 Å². The maximum Gasteiger partial charge on any atom is 0.264 e. The van der Waals surface area contributed by atoms with Crippen LogP contribution in [0.3, 0.4) is 0 Å². The molecule has 2 amide bonds. The van der Waals surface area contributed by atoms with Crippen molar-refractivity contribution in [3.63, 3.8) is 0 Å². The van der Waals surface area contributed by atoms with Gasteiger partial charge in [-0.1, -0.05) is 82.2 Å². The zero-order valence-electron chi connectivity index (χ0n) is 23.2. The number of likely N-dealkylation sites (N-methyl/N-ethyl adjacent to an activating group) is 1. The summed E-state index contributed by atoms with van der Waals surface area (Å²) in [5, 5.41) is 2.61. The van der Waals surface area contributed by atoms with Crippen LogP contribution in [0.2, 0.25) is 0 Å². The molecular formula is C32H31BrFN3O4S. The number of anilines is 1. The lowest BCUT2D eigenvalue weighted by Crippen LogP contribution is -2.53. The first kappa shape index (κ1) is 30.9. The number of hydrogen-bond acceptors (Lipinski definition) is 4. The summed E-state index contributed by atoms with van der Waals surface area (Å²) < 4.78 is 44.5. The average molecular weight is 653 g/mol. The smallest absolute Gasteiger partial charge is 0.264 e. The van der Waals surface area contributed by atoms with Crippen molar-refractivity contribution in [1.29, 1.82) is 0 Å². The predicted octanol–water partition coefficient (Wildman–Crippen LogP) is 5.48. The highest BCUT2D eigenvalue weighted by Gasteiger charge is 2.34. The Labute approximate surface area is 254 Å². The molecule has 0 radical (unpaired) electrons. The summed E-state index contributed by atoms with van der Waals surface area (Å²) in [7, 11) is -2.75. The molecule has 0 aromatic heterocycles. The summed E-state index contributed by atoms with van der Waals surface area (Å²) in [5.74, 6) is -1.66. The van der Waals surface area contributed by atoms with Gasteiger partial charge in [-0.05, 0) is 55.0 Å². The van der Waals surface area contributed by atoms with E-state index in [1.807, 2.05) is 37.3 Å². The molecule has 0 aliphatic heterocycles. The van der Waals surface area contributed by atoms with E-state index in [1.54, 1.807) is 42.5 Å². The molecule has 4 rings (SSSR count). The minimum Gasteiger partial charge on any atom is -0.357 e. The Morgan fingerprint density at radius 1 is 0.881 bits per heavy atom. The van der Waals surface area contributed by atoms with Gasteiger partial charge in [0.1, 0.15) is 18.4 Å². The Morgan fingerprint density at radius 3 is 2.12 bits per heavy atom. The van der Waals surface area contributed by atoms with E-state index in [-0.39, 0.29) is 29.1 Å². The number of hydrogen-bond donors (Lipinski definition) is 1. The van der Waals surface area contributed by atoms with E-state index in [0.717, 1.165) is 19.9 Å². The number of rotatable bonds is 11. The Bertz CT molecular complexity index is 1630. The third-order valence-electron chi connectivity index (χ3n) is 6.82. The van der Waals surface area contributed by atoms with Crippen molar-refractivity contribution < 1.29 is 22.4 Å². The van der Waals surface area contributed by atoms with Crippen LogP contribution in [0.25, 0.3) is 0 Å². The molecule has 0 aliphatic rings. The van der Waals surface area contributed by atoms with Gasteiger partial charge in [0.2, 0.25) is 11.8 Å². The summed E-state index contributed by atoms with van der Waals surface area (Å²) in [6.07, 6.45) is 0.143. The monoisotopic (exact) mass is 651 g/mol. The van der Waals surface area contributed by atoms with Crippen molar-refractivity contribution in [1.82, 2.24) is 10.2 Å². The number of benzene rings is 4. The molecule has 0 saturated heterocycles. The lowest BCUT2D eigenvalue weighted by molar-refractivity contribution is -0.139. The Kier molecular flexibility index (Phi) is 10.1. The molecule has 0 fully saturated rings. The van der Waals surface area contributed by atoms with Crippen LogP contribution in [0.4, 0.5) is 10.1 Å². The average Bonchev–Trinajstić information content (AvgIpc) is 2.99. The van der Waals surface area contributed by atoms with Gasteiger partial charge in [-0.15, -0.1) is 0 Å². The van der Waals surface area contributed by atoms with Crippen LogP contribution in [0, 0.1) is 12.7 Å². The van der Waals surface area contributed by atoms with Gasteiger partial charge < -0.3 is 10.2 Å². The van der Waals surface area contributed by atoms with Crippen molar-refractivity contribution in [3.8, 4) is 0 Å². The zero-order chi connectivity index (χ0) is 30.3. The van der Waals surface area contributed by atoms with E-state index in [2.05, 4.69) is 21.2 Å².